The maximum Gasteiger partial charge on any atom is 0.254 e. The van der Waals surface area contributed by atoms with E-state index >= 15 is 0 Å². The van der Waals surface area contributed by atoms with E-state index in [0.717, 1.165) is 0 Å². The summed E-state index contributed by atoms with van der Waals surface area (Å²) < 4.78 is 10.6. The third kappa shape index (κ3) is 3.75. The summed E-state index contributed by atoms with van der Waals surface area (Å²) in [7, 11) is 0. The highest BCUT2D eigenvalue weighted by molar-refractivity contribution is 6.42. The van der Waals surface area contributed by atoms with Crippen molar-refractivity contribution in [2.45, 2.75) is 6.42 Å². The molecule has 6 nitrogen and oxygen atoms in total. The van der Waals surface area contributed by atoms with Crippen molar-refractivity contribution in [3.63, 3.8) is 0 Å². The molecule has 0 N–H and O–H groups in total. The average Bonchev–Trinajstić information content (AvgIpc) is 3.04. The molecule has 2 aromatic rings. The number of carbonyl (C=O) groups excluding carboxylic acids is 2. The van der Waals surface area contributed by atoms with Gasteiger partial charge in [-0.15, -0.1) is 0 Å². The van der Waals surface area contributed by atoms with E-state index in [-0.39, 0.29) is 18.6 Å². The molecule has 2 aliphatic rings. The highest BCUT2D eigenvalue weighted by Crippen LogP contribution is 2.33. The quantitative estimate of drug-likeness (QED) is 0.742. The van der Waals surface area contributed by atoms with Gasteiger partial charge in [-0.3, -0.25) is 9.59 Å². The van der Waals surface area contributed by atoms with Gasteiger partial charge in [-0.25, -0.2) is 0 Å². The summed E-state index contributed by atoms with van der Waals surface area (Å²) in [5.74, 6) is 1.03. The fraction of sp³-hybridized carbons (Fsp3) is 0.300. The third-order valence-electron chi connectivity index (χ3n) is 4.86. The van der Waals surface area contributed by atoms with E-state index < -0.39 is 0 Å². The average molecular weight is 421 g/mol. The van der Waals surface area contributed by atoms with Crippen LogP contribution in [0.3, 0.4) is 0 Å². The van der Waals surface area contributed by atoms with Crippen LogP contribution in [-0.4, -0.2) is 54.6 Å². The Hall–Kier alpha value is -2.44. The van der Waals surface area contributed by atoms with Gasteiger partial charge in [-0.05, 0) is 42.8 Å². The van der Waals surface area contributed by atoms with Crippen LogP contribution in [0.2, 0.25) is 10.0 Å². The van der Waals surface area contributed by atoms with E-state index in [4.69, 9.17) is 32.7 Å². The van der Waals surface area contributed by atoms with Crippen LogP contribution in [0.1, 0.15) is 27.1 Å². The van der Waals surface area contributed by atoms with Gasteiger partial charge in [0.1, 0.15) is 0 Å². The molecule has 1 saturated heterocycles. The fourth-order valence-electron chi connectivity index (χ4n) is 3.35. The van der Waals surface area contributed by atoms with Gasteiger partial charge in [0.05, 0.1) is 10.0 Å². The van der Waals surface area contributed by atoms with Crippen molar-refractivity contribution in [3.05, 3.63) is 57.6 Å². The molecule has 2 amide bonds. The monoisotopic (exact) mass is 420 g/mol. The summed E-state index contributed by atoms with van der Waals surface area (Å²) in [6.45, 7) is 2.24. The summed E-state index contributed by atoms with van der Waals surface area (Å²) in [6, 6.07) is 10.0. The molecule has 28 heavy (non-hydrogen) atoms. The fourth-order valence-corrected chi connectivity index (χ4v) is 3.65. The van der Waals surface area contributed by atoms with Crippen LogP contribution in [-0.2, 0) is 0 Å². The lowest BCUT2D eigenvalue weighted by atomic mass is 10.1. The number of hydrogen-bond donors (Lipinski definition) is 0. The molecule has 0 spiro atoms. The standard InChI is InChI=1S/C20H18Cl2N2O4/c21-15-4-2-13(10-16(15)22)19(25)23-6-1-7-24(9-8-23)20(26)14-3-5-17-18(11-14)28-12-27-17/h2-5,10-11H,1,6-9,12H2. The van der Waals surface area contributed by atoms with E-state index in [1.165, 1.54) is 0 Å². The van der Waals surface area contributed by atoms with Crippen molar-refractivity contribution >= 4 is 35.0 Å². The van der Waals surface area contributed by atoms with Gasteiger partial charge in [-0.1, -0.05) is 23.2 Å². The molecule has 2 heterocycles. The summed E-state index contributed by atoms with van der Waals surface area (Å²) in [5.41, 5.74) is 1.04. The van der Waals surface area contributed by atoms with Crippen LogP contribution >= 0.6 is 23.2 Å². The lowest BCUT2D eigenvalue weighted by Gasteiger charge is -2.22. The van der Waals surface area contributed by atoms with Gasteiger partial charge in [0.15, 0.2) is 11.5 Å². The Morgan fingerprint density at radius 3 is 2.04 bits per heavy atom. The van der Waals surface area contributed by atoms with E-state index in [1.54, 1.807) is 46.2 Å². The minimum Gasteiger partial charge on any atom is -0.454 e. The second-order valence-corrected chi connectivity index (χ2v) is 7.45. The van der Waals surface area contributed by atoms with Gasteiger partial charge >= 0.3 is 0 Å². The molecule has 8 heteroatoms. The van der Waals surface area contributed by atoms with Crippen LogP contribution in [0.5, 0.6) is 11.5 Å². The van der Waals surface area contributed by atoms with E-state index in [0.29, 0.717) is 65.3 Å². The molecule has 0 aliphatic carbocycles. The van der Waals surface area contributed by atoms with Gasteiger partial charge in [0.2, 0.25) is 6.79 Å². The highest BCUT2D eigenvalue weighted by Gasteiger charge is 2.25. The zero-order valence-electron chi connectivity index (χ0n) is 15.0. The zero-order chi connectivity index (χ0) is 19.7. The zero-order valence-corrected chi connectivity index (χ0v) is 16.5. The third-order valence-corrected chi connectivity index (χ3v) is 5.60. The topological polar surface area (TPSA) is 59.1 Å². The molecule has 4 rings (SSSR count). The van der Waals surface area contributed by atoms with Crippen LogP contribution in [0, 0.1) is 0 Å². The van der Waals surface area contributed by atoms with Crippen LogP contribution in [0.15, 0.2) is 36.4 Å². The Labute approximate surface area is 172 Å². The predicted octanol–water partition coefficient (Wildman–Crippen LogP) is 3.71. The Kier molecular flexibility index (Phi) is 5.33. The number of hydrogen-bond acceptors (Lipinski definition) is 4. The largest absolute Gasteiger partial charge is 0.454 e. The number of nitrogens with zero attached hydrogens (tertiary/aromatic N) is 2. The molecule has 1 fully saturated rings. The number of rotatable bonds is 2. The van der Waals surface area contributed by atoms with Crippen molar-refractivity contribution in [2.24, 2.45) is 0 Å². The molecule has 2 aliphatic heterocycles. The first-order valence-electron chi connectivity index (χ1n) is 8.96. The lowest BCUT2D eigenvalue weighted by Crippen LogP contribution is -2.37. The number of benzene rings is 2. The number of carbonyl (C=O) groups is 2. The molecule has 0 radical (unpaired) electrons. The molecule has 146 valence electrons. The predicted molar refractivity (Wildman–Crippen MR) is 105 cm³/mol. The van der Waals surface area contributed by atoms with Gasteiger partial charge < -0.3 is 19.3 Å². The SMILES string of the molecule is O=C(c1ccc(Cl)c(Cl)c1)N1CCCN(C(=O)c2ccc3c(c2)OCO3)CC1. The van der Waals surface area contributed by atoms with Crippen LogP contribution in [0.4, 0.5) is 0 Å². The molecule has 0 aromatic heterocycles. The number of amides is 2. The van der Waals surface area contributed by atoms with Crippen molar-refractivity contribution in [3.8, 4) is 11.5 Å². The maximum absolute atomic E-state index is 12.9. The molecule has 0 bridgehead atoms. The Balaban J connectivity index is 1.44. The van der Waals surface area contributed by atoms with Crippen molar-refractivity contribution in [1.29, 1.82) is 0 Å². The van der Waals surface area contributed by atoms with E-state index in [2.05, 4.69) is 0 Å². The molecular weight excluding hydrogens is 403 g/mol. The minimum atomic E-state index is -0.115. The van der Waals surface area contributed by atoms with Crippen LogP contribution < -0.4 is 9.47 Å². The van der Waals surface area contributed by atoms with Gasteiger partial charge in [0, 0.05) is 37.3 Å². The minimum absolute atomic E-state index is 0.0814. The first-order valence-corrected chi connectivity index (χ1v) is 9.72. The number of halogens is 2. The summed E-state index contributed by atoms with van der Waals surface area (Å²) in [4.78, 5) is 29.2. The first-order chi connectivity index (χ1) is 13.5. The number of fused-ring (bicyclic) bond motifs is 1. The Morgan fingerprint density at radius 1 is 0.750 bits per heavy atom. The van der Waals surface area contributed by atoms with Crippen molar-refractivity contribution < 1.29 is 19.1 Å². The maximum atomic E-state index is 12.9. The number of ether oxygens (including phenoxy) is 2. The molecule has 0 saturated carbocycles. The normalized spacial score (nSPS) is 16.1. The molecule has 0 atom stereocenters. The molecule has 0 unspecified atom stereocenters. The van der Waals surface area contributed by atoms with Crippen molar-refractivity contribution in [1.82, 2.24) is 9.80 Å². The van der Waals surface area contributed by atoms with E-state index in [1.807, 2.05) is 0 Å². The second kappa shape index (κ2) is 7.89. The highest BCUT2D eigenvalue weighted by atomic mass is 35.5. The summed E-state index contributed by atoms with van der Waals surface area (Å²) >= 11 is 12.0. The lowest BCUT2D eigenvalue weighted by molar-refractivity contribution is 0.0718. The van der Waals surface area contributed by atoms with Gasteiger partial charge in [0.25, 0.3) is 11.8 Å². The summed E-state index contributed by atoms with van der Waals surface area (Å²) in [5, 5.41) is 0.761. The van der Waals surface area contributed by atoms with E-state index in [9.17, 15) is 9.59 Å². The smallest absolute Gasteiger partial charge is 0.254 e. The van der Waals surface area contributed by atoms with Gasteiger partial charge in [-0.2, -0.15) is 0 Å². The molecule has 2 aromatic carbocycles. The second-order valence-electron chi connectivity index (χ2n) is 6.63. The first kappa shape index (κ1) is 18.9. The Morgan fingerprint density at radius 2 is 1.36 bits per heavy atom. The van der Waals surface area contributed by atoms with Crippen molar-refractivity contribution in [2.75, 3.05) is 33.0 Å². The molecular formula is C20H18Cl2N2O4. The summed E-state index contributed by atoms with van der Waals surface area (Å²) in [6.07, 6.45) is 0.698. The van der Waals surface area contributed by atoms with Crippen LogP contribution in [0.25, 0.3) is 0 Å². The Bertz CT molecular complexity index is 934.